The molecule has 9 heteroatoms. The van der Waals surface area contributed by atoms with Gasteiger partial charge >= 0.3 is 0 Å². The topological polar surface area (TPSA) is 101 Å². The zero-order chi connectivity index (χ0) is 14.8. The molecule has 0 saturated carbocycles. The van der Waals surface area contributed by atoms with Crippen molar-refractivity contribution >= 4 is 15.7 Å². The maximum Gasteiger partial charge on any atom is 0.272 e. The number of nitrogens with zero attached hydrogens (tertiary/aromatic N) is 1. The molecule has 1 aromatic rings. The van der Waals surface area contributed by atoms with E-state index in [9.17, 15) is 22.9 Å². The lowest BCUT2D eigenvalue weighted by Gasteiger charge is -2.23. The van der Waals surface area contributed by atoms with Crippen LogP contribution in [0.15, 0.2) is 23.1 Å². The first-order valence-corrected chi connectivity index (χ1v) is 7.55. The zero-order valence-electron chi connectivity index (χ0n) is 10.5. The van der Waals surface area contributed by atoms with Gasteiger partial charge in [-0.15, -0.1) is 0 Å². The average Bonchev–Trinajstić information content (AvgIpc) is 2.38. The van der Waals surface area contributed by atoms with Crippen LogP contribution in [-0.4, -0.2) is 32.5 Å². The minimum Gasteiger partial charge on any atom is -0.315 e. The molecule has 0 radical (unpaired) electrons. The van der Waals surface area contributed by atoms with Crippen LogP contribution in [0.4, 0.5) is 10.1 Å². The maximum atomic E-state index is 13.7. The molecule has 0 aliphatic carbocycles. The SMILES string of the molecule is O=[N+]([O-])c1ccc(S(=O)(=O)NC2CCCNC2)c(F)c1. The normalized spacial score (nSPS) is 19.8. The summed E-state index contributed by atoms with van der Waals surface area (Å²) in [7, 11) is -4.02. The molecule has 1 unspecified atom stereocenters. The summed E-state index contributed by atoms with van der Waals surface area (Å²) in [6, 6.07) is 2.18. The van der Waals surface area contributed by atoms with E-state index in [0.717, 1.165) is 25.1 Å². The molecule has 0 aromatic heterocycles. The number of rotatable bonds is 4. The molecule has 1 atom stereocenters. The van der Waals surface area contributed by atoms with Gasteiger partial charge in [-0.25, -0.2) is 17.5 Å². The van der Waals surface area contributed by atoms with Crippen molar-refractivity contribution in [2.24, 2.45) is 0 Å². The third-order valence-corrected chi connectivity index (χ3v) is 4.59. The molecule has 0 bridgehead atoms. The predicted octanol–water partition coefficient (Wildman–Crippen LogP) is 0.764. The molecule has 110 valence electrons. The third kappa shape index (κ3) is 3.30. The number of halogens is 1. The summed E-state index contributed by atoms with van der Waals surface area (Å²) in [5.41, 5.74) is -0.485. The summed E-state index contributed by atoms with van der Waals surface area (Å²) < 4.78 is 40.2. The van der Waals surface area contributed by atoms with Gasteiger partial charge in [0.1, 0.15) is 10.7 Å². The van der Waals surface area contributed by atoms with Crippen LogP contribution in [0.25, 0.3) is 0 Å². The highest BCUT2D eigenvalue weighted by molar-refractivity contribution is 7.89. The van der Waals surface area contributed by atoms with Gasteiger partial charge in [0, 0.05) is 18.7 Å². The number of nitro benzene ring substituents is 1. The van der Waals surface area contributed by atoms with Crippen LogP contribution >= 0.6 is 0 Å². The summed E-state index contributed by atoms with van der Waals surface area (Å²) in [6.45, 7) is 1.30. The van der Waals surface area contributed by atoms with Crippen molar-refractivity contribution in [3.63, 3.8) is 0 Å². The second-order valence-corrected chi connectivity index (χ2v) is 6.22. The number of piperidine rings is 1. The van der Waals surface area contributed by atoms with Gasteiger partial charge in [0.15, 0.2) is 0 Å². The Morgan fingerprint density at radius 1 is 1.45 bits per heavy atom. The molecule has 1 aliphatic heterocycles. The van der Waals surface area contributed by atoms with Gasteiger partial charge in [-0.05, 0) is 25.5 Å². The van der Waals surface area contributed by atoms with E-state index in [2.05, 4.69) is 10.0 Å². The van der Waals surface area contributed by atoms with Gasteiger partial charge in [0.2, 0.25) is 10.0 Å². The lowest BCUT2D eigenvalue weighted by Crippen LogP contribution is -2.45. The first-order valence-electron chi connectivity index (χ1n) is 6.07. The number of sulfonamides is 1. The van der Waals surface area contributed by atoms with Gasteiger partial charge in [0.25, 0.3) is 5.69 Å². The van der Waals surface area contributed by atoms with Crippen LogP contribution in [0.1, 0.15) is 12.8 Å². The first-order chi connectivity index (χ1) is 9.40. The minimum atomic E-state index is -4.02. The van der Waals surface area contributed by atoms with Gasteiger partial charge in [0.05, 0.1) is 11.0 Å². The molecule has 1 aliphatic rings. The number of benzene rings is 1. The van der Waals surface area contributed by atoms with Crippen LogP contribution < -0.4 is 10.0 Å². The second kappa shape index (κ2) is 5.81. The maximum absolute atomic E-state index is 13.7. The number of nitro groups is 1. The Morgan fingerprint density at radius 3 is 2.75 bits per heavy atom. The van der Waals surface area contributed by atoms with Crippen molar-refractivity contribution in [2.45, 2.75) is 23.8 Å². The predicted molar refractivity (Wildman–Crippen MR) is 69.3 cm³/mol. The molecule has 0 spiro atoms. The van der Waals surface area contributed by atoms with Crippen molar-refractivity contribution in [3.8, 4) is 0 Å². The van der Waals surface area contributed by atoms with Crippen LogP contribution in [0.2, 0.25) is 0 Å². The van der Waals surface area contributed by atoms with E-state index in [1.54, 1.807) is 0 Å². The Morgan fingerprint density at radius 2 is 2.20 bits per heavy atom. The molecule has 1 heterocycles. The van der Waals surface area contributed by atoms with Crippen LogP contribution in [0, 0.1) is 15.9 Å². The number of hydrogen-bond donors (Lipinski definition) is 2. The highest BCUT2D eigenvalue weighted by atomic mass is 32.2. The first kappa shape index (κ1) is 14.8. The summed E-state index contributed by atoms with van der Waals surface area (Å²) in [5.74, 6) is -1.13. The third-order valence-electron chi connectivity index (χ3n) is 3.03. The summed E-state index contributed by atoms with van der Waals surface area (Å²) in [5, 5.41) is 13.5. The Bertz CT molecular complexity index is 614. The molecule has 1 saturated heterocycles. The highest BCUT2D eigenvalue weighted by Crippen LogP contribution is 2.21. The number of hydrogen-bond acceptors (Lipinski definition) is 5. The van der Waals surface area contributed by atoms with Crippen molar-refractivity contribution in [3.05, 3.63) is 34.1 Å². The molecule has 2 N–H and O–H groups in total. The van der Waals surface area contributed by atoms with Crippen molar-refractivity contribution < 1.29 is 17.7 Å². The molecule has 7 nitrogen and oxygen atoms in total. The lowest BCUT2D eigenvalue weighted by molar-refractivity contribution is -0.385. The standard InChI is InChI=1S/C11H14FN3O4S/c12-10-6-9(15(16)17)3-4-11(10)20(18,19)14-8-2-1-5-13-7-8/h3-4,6,8,13-14H,1-2,5,7H2. The summed E-state index contributed by atoms with van der Waals surface area (Å²) >= 11 is 0. The molecule has 2 rings (SSSR count). The van der Waals surface area contributed by atoms with E-state index in [1.807, 2.05) is 0 Å². The fourth-order valence-corrected chi connectivity index (χ4v) is 3.39. The van der Waals surface area contributed by atoms with Crippen molar-refractivity contribution in [2.75, 3.05) is 13.1 Å². The summed E-state index contributed by atoms with van der Waals surface area (Å²) in [4.78, 5) is 9.14. The van der Waals surface area contributed by atoms with Crippen LogP contribution in [0.5, 0.6) is 0 Å². The fraction of sp³-hybridized carbons (Fsp3) is 0.455. The molecule has 20 heavy (non-hydrogen) atoms. The van der Waals surface area contributed by atoms with Gasteiger partial charge in [-0.3, -0.25) is 10.1 Å². The highest BCUT2D eigenvalue weighted by Gasteiger charge is 2.25. The average molecular weight is 303 g/mol. The largest absolute Gasteiger partial charge is 0.315 e. The number of non-ortho nitro benzene ring substituents is 1. The quantitative estimate of drug-likeness (QED) is 0.632. The molecular weight excluding hydrogens is 289 g/mol. The van der Waals surface area contributed by atoms with Gasteiger partial charge in [-0.2, -0.15) is 0 Å². The minimum absolute atomic E-state index is 0.302. The second-order valence-electron chi connectivity index (χ2n) is 4.54. The molecule has 1 fully saturated rings. The molecule has 1 aromatic carbocycles. The van der Waals surface area contributed by atoms with Gasteiger partial charge < -0.3 is 5.32 Å². The number of nitrogens with one attached hydrogen (secondary N) is 2. The zero-order valence-corrected chi connectivity index (χ0v) is 11.3. The lowest BCUT2D eigenvalue weighted by atomic mass is 10.1. The molecular formula is C11H14FN3O4S. The van der Waals surface area contributed by atoms with E-state index in [4.69, 9.17) is 0 Å². The smallest absolute Gasteiger partial charge is 0.272 e. The van der Waals surface area contributed by atoms with E-state index in [0.29, 0.717) is 19.0 Å². The van der Waals surface area contributed by atoms with Crippen molar-refractivity contribution in [1.29, 1.82) is 0 Å². The van der Waals surface area contributed by atoms with Crippen molar-refractivity contribution in [1.82, 2.24) is 10.0 Å². The Hall–Kier alpha value is -1.58. The fourth-order valence-electron chi connectivity index (χ4n) is 2.06. The van der Waals surface area contributed by atoms with Crippen LogP contribution in [-0.2, 0) is 10.0 Å². The van der Waals surface area contributed by atoms with E-state index < -0.39 is 31.3 Å². The van der Waals surface area contributed by atoms with Gasteiger partial charge in [-0.1, -0.05) is 0 Å². The Kier molecular flexibility index (Phi) is 4.31. The Labute approximate surface area is 115 Å². The molecule has 0 amide bonds. The van der Waals surface area contributed by atoms with E-state index in [-0.39, 0.29) is 6.04 Å². The summed E-state index contributed by atoms with van der Waals surface area (Å²) in [6.07, 6.45) is 1.50. The Balaban J connectivity index is 2.22. The van der Waals surface area contributed by atoms with E-state index >= 15 is 0 Å². The van der Waals surface area contributed by atoms with E-state index in [1.165, 1.54) is 0 Å². The monoisotopic (exact) mass is 303 g/mol. The van der Waals surface area contributed by atoms with Crippen LogP contribution in [0.3, 0.4) is 0 Å².